The van der Waals surface area contributed by atoms with Crippen LogP contribution in [-0.4, -0.2) is 31.1 Å². The van der Waals surface area contributed by atoms with Crippen molar-refractivity contribution in [3.8, 4) is 0 Å². The van der Waals surface area contributed by atoms with Crippen LogP contribution in [0, 0.1) is 6.92 Å². The normalized spacial score (nSPS) is 12.8. The highest BCUT2D eigenvalue weighted by Crippen LogP contribution is 2.12. The number of nitrogens with zero attached hydrogens (tertiary/aromatic N) is 1. The third kappa shape index (κ3) is 4.78. The van der Waals surface area contributed by atoms with Gasteiger partial charge in [0.25, 0.3) is 0 Å². The Morgan fingerprint density at radius 3 is 2.65 bits per heavy atom. The van der Waals surface area contributed by atoms with E-state index in [-0.39, 0.29) is 0 Å². The SMILES string of the molecule is CCCC(C)N(C)CCNc1ccccc1C. The summed E-state index contributed by atoms with van der Waals surface area (Å²) in [7, 11) is 2.21. The van der Waals surface area contributed by atoms with E-state index in [1.54, 1.807) is 0 Å². The van der Waals surface area contributed by atoms with E-state index in [0.29, 0.717) is 6.04 Å². The summed E-state index contributed by atoms with van der Waals surface area (Å²) in [5.41, 5.74) is 2.57. The zero-order chi connectivity index (χ0) is 12.7. The molecular formula is C15H26N2. The molecule has 0 aliphatic carbocycles. The summed E-state index contributed by atoms with van der Waals surface area (Å²) in [6.45, 7) is 8.80. The number of para-hydroxylation sites is 1. The molecule has 0 heterocycles. The maximum atomic E-state index is 3.50. The average Bonchev–Trinajstić information content (AvgIpc) is 2.31. The van der Waals surface area contributed by atoms with Crippen molar-refractivity contribution in [1.82, 2.24) is 4.90 Å². The second-order valence-electron chi connectivity index (χ2n) is 4.86. The van der Waals surface area contributed by atoms with E-state index >= 15 is 0 Å². The van der Waals surface area contributed by atoms with Gasteiger partial charge >= 0.3 is 0 Å². The molecule has 0 aliphatic heterocycles. The molecule has 0 saturated carbocycles. The molecule has 0 fully saturated rings. The molecule has 0 amide bonds. The third-order valence-corrected chi connectivity index (χ3v) is 3.38. The summed E-state index contributed by atoms with van der Waals surface area (Å²) < 4.78 is 0. The van der Waals surface area contributed by atoms with Crippen molar-refractivity contribution in [2.45, 2.75) is 39.7 Å². The molecule has 1 N–H and O–H groups in total. The van der Waals surface area contributed by atoms with Crippen molar-refractivity contribution < 1.29 is 0 Å². The van der Waals surface area contributed by atoms with Gasteiger partial charge in [0.2, 0.25) is 0 Å². The van der Waals surface area contributed by atoms with E-state index < -0.39 is 0 Å². The van der Waals surface area contributed by atoms with Gasteiger partial charge in [-0.25, -0.2) is 0 Å². The molecule has 0 spiro atoms. The quantitative estimate of drug-likeness (QED) is 0.776. The van der Waals surface area contributed by atoms with Gasteiger partial charge in [0.15, 0.2) is 0 Å². The predicted molar refractivity (Wildman–Crippen MR) is 76.7 cm³/mol. The first kappa shape index (κ1) is 14.0. The number of hydrogen-bond donors (Lipinski definition) is 1. The minimum Gasteiger partial charge on any atom is -0.384 e. The smallest absolute Gasteiger partial charge is 0.0370 e. The van der Waals surface area contributed by atoms with E-state index in [9.17, 15) is 0 Å². The van der Waals surface area contributed by atoms with Crippen LogP contribution in [-0.2, 0) is 0 Å². The highest BCUT2D eigenvalue weighted by molar-refractivity contribution is 5.50. The van der Waals surface area contributed by atoms with Crippen molar-refractivity contribution in [3.05, 3.63) is 29.8 Å². The molecule has 0 bridgehead atoms. The number of likely N-dealkylation sites (N-methyl/N-ethyl adjacent to an activating group) is 1. The second kappa shape index (κ2) is 7.33. The third-order valence-electron chi connectivity index (χ3n) is 3.38. The summed E-state index contributed by atoms with van der Waals surface area (Å²) in [6, 6.07) is 9.13. The Bertz CT molecular complexity index is 322. The van der Waals surface area contributed by atoms with Crippen LogP contribution in [0.3, 0.4) is 0 Å². The lowest BCUT2D eigenvalue weighted by molar-refractivity contribution is 0.254. The zero-order valence-electron chi connectivity index (χ0n) is 11.7. The molecule has 0 radical (unpaired) electrons. The Kier molecular flexibility index (Phi) is 6.06. The number of anilines is 1. The molecule has 1 aromatic rings. The molecule has 2 nitrogen and oxygen atoms in total. The average molecular weight is 234 g/mol. The van der Waals surface area contributed by atoms with Gasteiger partial charge in [0, 0.05) is 24.8 Å². The maximum Gasteiger partial charge on any atom is 0.0370 e. The van der Waals surface area contributed by atoms with Crippen molar-refractivity contribution in [3.63, 3.8) is 0 Å². The van der Waals surface area contributed by atoms with Gasteiger partial charge < -0.3 is 10.2 Å². The Hall–Kier alpha value is -1.02. The standard InChI is InChI=1S/C15H26N2/c1-5-8-14(3)17(4)12-11-16-15-10-7-6-9-13(15)2/h6-7,9-10,14,16H,5,8,11-12H2,1-4H3. The summed E-state index contributed by atoms with van der Waals surface area (Å²) >= 11 is 0. The highest BCUT2D eigenvalue weighted by atomic mass is 15.1. The van der Waals surface area contributed by atoms with Gasteiger partial charge in [-0.05, 0) is 38.9 Å². The number of benzene rings is 1. The predicted octanol–water partition coefficient (Wildman–Crippen LogP) is 3.53. The number of aryl methyl sites for hydroxylation is 1. The van der Waals surface area contributed by atoms with E-state index in [1.165, 1.54) is 24.1 Å². The molecule has 1 aromatic carbocycles. The van der Waals surface area contributed by atoms with Crippen LogP contribution >= 0.6 is 0 Å². The first-order valence-electron chi connectivity index (χ1n) is 6.65. The number of hydrogen-bond acceptors (Lipinski definition) is 2. The Morgan fingerprint density at radius 2 is 2.00 bits per heavy atom. The van der Waals surface area contributed by atoms with Crippen molar-refractivity contribution in [1.29, 1.82) is 0 Å². The van der Waals surface area contributed by atoms with Crippen LogP contribution in [0.5, 0.6) is 0 Å². The summed E-state index contributed by atoms with van der Waals surface area (Å²) in [5, 5.41) is 3.50. The largest absolute Gasteiger partial charge is 0.384 e. The van der Waals surface area contributed by atoms with Gasteiger partial charge in [-0.3, -0.25) is 0 Å². The summed E-state index contributed by atoms with van der Waals surface area (Å²) in [5.74, 6) is 0. The fourth-order valence-corrected chi connectivity index (χ4v) is 2.00. The van der Waals surface area contributed by atoms with Crippen LogP contribution in [0.2, 0.25) is 0 Å². The fraction of sp³-hybridized carbons (Fsp3) is 0.600. The van der Waals surface area contributed by atoms with Crippen molar-refractivity contribution >= 4 is 5.69 Å². The van der Waals surface area contributed by atoms with Crippen molar-refractivity contribution in [2.24, 2.45) is 0 Å². The molecule has 0 aliphatic rings. The van der Waals surface area contributed by atoms with Gasteiger partial charge in [0.05, 0.1) is 0 Å². The Labute approximate surface area is 106 Å². The van der Waals surface area contributed by atoms with Gasteiger partial charge in [0.1, 0.15) is 0 Å². The molecule has 2 heteroatoms. The van der Waals surface area contributed by atoms with Gasteiger partial charge in [-0.1, -0.05) is 31.5 Å². The van der Waals surface area contributed by atoms with Crippen LogP contribution in [0.15, 0.2) is 24.3 Å². The first-order chi connectivity index (χ1) is 8.15. The molecule has 0 aromatic heterocycles. The van der Waals surface area contributed by atoms with Gasteiger partial charge in [-0.2, -0.15) is 0 Å². The van der Waals surface area contributed by atoms with E-state index in [0.717, 1.165) is 13.1 Å². The van der Waals surface area contributed by atoms with Crippen molar-refractivity contribution in [2.75, 3.05) is 25.5 Å². The van der Waals surface area contributed by atoms with E-state index in [2.05, 4.69) is 62.3 Å². The fourth-order valence-electron chi connectivity index (χ4n) is 2.00. The maximum absolute atomic E-state index is 3.50. The molecule has 1 unspecified atom stereocenters. The zero-order valence-corrected chi connectivity index (χ0v) is 11.7. The monoisotopic (exact) mass is 234 g/mol. The molecule has 17 heavy (non-hydrogen) atoms. The summed E-state index contributed by atoms with van der Waals surface area (Å²) in [6.07, 6.45) is 2.54. The molecular weight excluding hydrogens is 208 g/mol. The molecule has 0 saturated heterocycles. The molecule has 96 valence electrons. The number of rotatable bonds is 7. The Morgan fingerprint density at radius 1 is 1.29 bits per heavy atom. The minimum absolute atomic E-state index is 0.679. The van der Waals surface area contributed by atoms with E-state index in [1.807, 2.05) is 0 Å². The lowest BCUT2D eigenvalue weighted by Gasteiger charge is -2.24. The molecule has 1 rings (SSSR count). The second-order valence-corrected chi connectivity index (χ2v) is 4.86. The minimum atomic E-state index is 0.679. The van der Waals surface area contributed by atoms with Crippen LogP contribution in [0.1, 0.15) is 32.3 Å². The topological polar surface area (TPSA) is 15.3 Å². The lowest BCUT2D eigenvalue weighted by Crippen LogP contribution is -2.33. The summed E-state index contributed by atoms with van der Waals surface area (Å²) in [4.78, 5) is 2.43. The van der Waals surface area contributed by atoms with Crippen LogP contribution in [0.25, 0.3) is 0 Å². The highest BCUT2D eigenvalue weighted by Gasteiger charge is 2.07. The lowest BCUT2D eigenvalue weighted by atomic mass is 10.2. The Balaban J connectivity index is 2.30. The van der Waals surface area contributed by atoms with Crippen LogP contribution < -0.4 is 5.32 Å². The number of nitrogens with one attached hydrogen (secondary N) is 1. The first-order valence-corrected chi connectivity index (χ1v) is 6.65. The van der Waals surface area contributed by atoms with Gasteiger partial charge in [-0.15, -0.1) is 0 Å². The molecule has 1 atom stereocenters. The van der Waals surface area contributed by atoms with E-state index in [4.69, 9.17) is 0 Å². The van der Waals surface area contributed by atoms with Crippen LogP contribution in [0.4, 0.5) is 5.69 Å².